The van der Waals surface area contributed by atoms with Crippen LogP contribution >= 0.6 is 11.6 Å². The van der Waals surface area contributed by atoms with E-state index in [0.717, 1.165) is 18.1 Å². The lowest BCUT2D eigenvalue weighted by atomic mass is 10.3. The van der Waals surface area contributed by atoms with Gasteiger partial charge in [0.05, 0.1) is 18.8 Å². The van der Waals surface area contributed by atoms with Crippen LogP contribution in [0.4, 0.5) is 0 Å². The molecule has 0 spiro atoms. The van der Waals surface area contributed by atoms with Crippen LogP contribution in [0.5, 0.6) is 0 Å². The van der Waals surface area contributed by atoms with E-state index in [0.29, 0.717) is 5.15 Å². The van der Waals surface area contributed by atoms with E-state index < -0.39 is 0 Å². The number of nitrogens with zero attached hydrogens (tertiary/aromatic N) is 2. The molecule has 0 aliphatic carbocycles. The lowest BCUT2D eigenvalue weighted by Crippen LogP contribution is -2.23. The van der Waals surface area contributed by atoms with Crippen molar-refractivity contribution in [1.82, 2.24) is 9.47 Å². The Kier molecular flexibility index (Phi) is 2.65. The largest absolute Gasteiger partial charge is 0.475 e. The van der Waals surface area contributed by atoms with E-state index in [1.807, 2.05) is 43.8 Å². The minimum absolute atomic E-state index is 0.147. The lowest BCUT2D eigenvalue weighted by Gasteiger charge is -2.26. The first kappa shape index (κ1) is 10.4. The molecule has 0 fully saturated rings. The maximum Gasteiger partial charge on any atom is 0.215 e. The molecule has 2 heterocycles. The Morgan fingerprint density at radius 2 is 2.13 bits per heavy atom. The van der Waals surface area contributed by atoms with E-state index in [2.05, 4.69) is 4.90 Å². The fourth-order valence-electron chi connectivity index (χ4n) is 1.69. The van der Waals surface area contributed by atoms with Crippen molar-refractivity contribution < 1.29 is 4.74 Å². The first-order chi connectivity index (χ1) is 7.08. The van der Waals surface area contributed by atoms with Crippen molar-refractivity contribution in [3.63, 3.8) is 0 Å². The number of halogens is 1. The normalized spacial score (nSPS) is 15.3. The molecule has 1 aliphatic rings. The predicted octanol–water partition coefficient (Wildman–Crippen LogP) is 2.77. The molecule has 0 bridgehead atoms. The Hall–Kier alpha value is -1.09. The van der Waals surface area contributed by atoms with Gasteiger partial charge in [-0.1, -0.05) is 11.6 Å². The van der Waals surface area contributed by atoms with Crippen molar-refractivity contribution in [3.8, 4) is 0 Å². The second-order valence-corrected chi connectivity index (χ2v) is 4.42. The van der Waals surface area contributed by atoms with Crippen LogP contribution in [0.1, 0.15) is 19.5 Å². The van der Waals surface area contributed by atoms with Crippen molar-refractivity contribution in [2.75, 3.05) is 7.05 Å². The van der Waals surface area contributed by atoms with Crippen LogP contribution in [0.15, 0.2) is 18.3 Å². The van der Waals surface area contributed by atoms with Crippen molar-refractivity contribution >= 4 is 17.5 Å². The molecule has 4 heteroatoms. The average molecular weight is 227 g/mol. The molecular weight excluding hydrogens is 212 g/mol. The third-order valence-electron chi connectivity index (χ3n) is 2.23. The maximum atomic E-state index is 6.11. The summed E-state index contributed by atoms with van der Waals surface area (Å²) in [5.74, 6) is 0.795. The molecule has 3 nitrogen and oxygen atoms in total. The SMILES string of the molecule is CC(C)OC1=CN(C)Cc2ccc(Cl)n21. The number of rotatable bonds is 2. The summed E-state index contributed by atoms with van der Waals surface area (Å²) in [6.45, 7) is 4.87. The van der Waals surface area contributed by atoms with Crippen LogP contribution in [0, 0.1) is 0 Å². The molecule has 0 amide bonds. The number of fused-ring (bicyclic) bond motifs is 1. The zero-order valence-electron chi connectivity index (χ0n) is 9.20. The van der Waals surface area contributed by atoms with Crippen LogP contribution in [0.3, 0.4) is 0 Å². The van der Waals surface area contributed by atoms with Crippen LogP contribution in [-0.2, 0) is 11.3 Å². The third-order valence-corrected chi connectivity index (χ3v) is 2.53. The summed E-state index contributed by atoms with van der Waals surface area (Å²) in [6, 6.07) is 3.92. The molecule has 15 heavy (non-hydrogen) atoms. The highest BCUT2D eigenvalue weighted by atomic mass is 35.5. The molecule has 0 saturated heterocycles. The smallest absolute Gasteiger partial charge is 0.215 e. The van der Waals surface area contributed by atoms with E-state index in [9.17, 15) is 0 Å². The first-order valence-electron chi connectivity index (χ1n) is 5.03. The van der Waals surface area contributed by atoms with Gasteiger partial charge < -0.3 is 9.64 Å². The molecule has 2 rings (SSSR count). The molecular formula is C11H15ClN2O. The van der Waals surface area contributed by atoms with E-state index in [-0.39, 0.29) is 6.10 Å². The highest BCUT2D eigenvalue weighted by Crippen LogP contribution is 2.26. The molecule has 0 N–H and O–H groups in total. The summed E-state index contributed by atoms with van der Waals surface area (Å²) >= 11 is 6.11. The van der Waals surface area contributed by atoms with Crippen LogP contribution in [0.2, 0.25) is 5.15 Å². The molecule has 0 aromatic carbocycles. The van der Waals surface area contributed by atoms with Crippen molar-refractivity contribution in [3.05, 3.63) is 29.2 Å². The number of hydrogen-bond acceptors (Lipinski definition) is 2. The van der Waals surface area contributed by atoms with Gasteiger partial charge in [-0.15, -0.1) is 0 Å². The average Bonchev–Trinajstić information content (AvgIpc) is 2.46. The monoisotopic (exact) mass is 226 g/mol. The van der Waals surface area contributed by atoms with Gasteiger partial charge in [-0.05, 0) is 26.0 Å². The van der Waals surface area contributed by atoms with Crippen molar-refractivity contribution in [1.29, 1.82) is 0 Å². The van der Waals surface area contributed by atoms with Crippen molar-refractivity contribution in [2.24, 2.45) is 0 Å². The molecule has 0 radical (unpaired) electrons. The van der Waals surface area contributed by atoms with Crippen molar-refractivity contribution in [2.45, 2.75) is 26.5 Å². The Bertz CT molecular complexity index is 395. The number of hydrogen-bond donors (Lipinski definition) is 0. The highest BCUT2D eigenvalue weighted by molar-refractivity contribution is 6.30. The topological polar surface area (TPSA) is 17.4 Å². The fourth-order valence-corrected chi connectivity index (χ4v) is 1.95. The zero-order chi connectivity index (χ0) is 11.0. The minimum Gasteiger partial charge on any atom is -0.475 e. The Labute approximate surface area is 94.9 Å². The van der Waals surface area contributed by atoms with E-state index in [4.69, 9.17) is 16.3 Å². The van der Waals surface area contributed by atoms with Gasteiger partial charge in [0.1, 0.15) is 5.15 Å². The Morgan fingerprint density at radius 3 is 2.80 bits per heavy atom. The summed E-state index contributed by atoms with van der Waals surface area (Å²) in [5.41, 5.74) is 1.15. The van der Waals surface area contributed by atoms with Gasteiger partial charge in [0.25, 0.3) is 0 Å². The second kappa shape index (κ2) is 3.81. The number of ether oxygens (including phenoxy) is 1. The Balaban J connectivity index is 2.38. The van der Waals surface area contributed by atoms with Gasteiger partial charge in [0, 0.05) is 12.7 Å². The molecule has 1 aromatic rings. The van der Waals surface area contributed by atoms with Gasteiger partial charge >= 0.3 is 0 Å². The summed E-state index contributed by atoms with van der Waals surface area (Å²) in [7, 11) is 2.02. The maximum absolute atomic E-state index is 6.11. The molecule has 1 aromatic heterocycles. The molecule has 0 saturated carbocycles. The van der Waals surface area contributed by atoms with E-state index in [1.165, 1.54) is 0 Å². The quantitative estimate of drug-likeness (QED) is 0.772. The van der Waals surface area contributed by atoms with E-state index in [1.54, 1.807) is 0 Å². The minimum atomic E-state index is 0.147. The third kappa shape index (κ3) is 1.97. The van der Waals surface area contributed by atoms with Crippen LogP contribution < -0.4 is 0 Å². The zero-order valence-corrected chi connectivity index (χ0v) is 9.95. The molecule has 0 atom stereocenters. The van der Waals surface area contributed by atoms with Crippen LogP contribution in [0.25, 0.3) is 5.88 Å². The number of aromatic nitrogens is 1. The standard InChI is InChI=1S/C11H15ClN2O/c1-8(2)15-11-7-13(3)6-9-4-5-10(12)14(9)11/h4-5,7-8H,6H2,1-3H3. The molecule has 1 aliphatic heterocycles. The molecule has 82 valence electrons. The van der Waals surface area contributed by atoms with Gasteiger partial charge in [0.15, 0.2) is 0 Å². The fraction of sp³-hybridized carbons (Fsp3) is 0.455. The van der Waals surface area contributed by atoms with Crippen LogP contribution in [-0.4, -0.2) is 22.6 Å². The van der Waals surface area contributed by atoms with Gasteiger partial charge in [-0.3, -0.25) is 4.57 Å². The summed E-state index contributed by atoms with van der Waals surface area (Å²) < 4.78 is 7.67. The summed E-state index contributed by atoms with van der Waals surface area (Å²) in [4.78, 5) is 2.09. The summed E-state index contributed by atoms with van der Waals surface area (Å²) in [5, 5.41) is 0.699. The first-order valence-corrected chi connectivity index (χ1v) is 5.41. The summed E-state index contributed by atoms with van der Waals surface area (Å²) in [6.07, 6.45) is 2.12. The lowest BCUT2D eigenvalue weighted by molar-refractivity contribution is 0.178. The van der Waals surface area contributed by atoms with E-state index >= 15 is 0 Å². The highest BCUT2D eigenvalue weighted by Gasteiger charge is 2.18. The van der Waals surface area contributed by atoms with Gasteiger partial charge in [-0.25, -0.2) is 0 Å². The second-order valence-electron chi connectivity index (χ2n) is 4.03. The Morgan fingerprint density at radius 1 is 1.40 bits per heavy atom. The van der Waals surface area contributed by atoms with Gasteiger partial charge in [-0.2, -0.15) is 0 Å². The predicted molar refractivity (Wildman–Crippen MR) is 61.4 cm³/mol. The van der Waals surface area contributed by atoms with Gasteiger partial charge in [0.2, 0.25) is 5.88 Å². The molecule has 0 unspecified atom stereocenters.